The zero-order chi connectivity index (χ0) is 10.3. The van der Waals surface area contributed by atoms with Crippen molar-refractivity contribution in [1.82, 2.24) is 9.38 Å². The Morgan fingerprint density at radius 2 is 2.21 bits per heavy atom. The van der Waals surface area contributed by atoms with Gasteiger partial charge in [0.2, 0.25) is 0 Å². The summed E-state index contributed by atoms with van der Waals surface area (Å²) in [6.45, 7) is 0. The van der Waals surface area contributed by atoms with Gasteiger partial charge in [0.15, 0.2) is 5.65 Å². The van der Waals surface area contributed by atoms with E-state index >= 15 is 0 Å². The van der Waals surface area contributed by atoms with Gasteiger partial charge in [0, 0.05) is 12.3 Å². The summed E-state index contributed by atoms with van der Waals surface area (Å²) in [7, 11) is 0. The van der Waals surface area contributed by atoms with Gasteiger partial charge in [0.1, 0.15) is 11.0 Å². The van der Waals surface area contributed by atoms with Crippen molar-refractivity contribution in [3.8, 4) is 0 Å². The van der Waals surface area contributed by atoms with E-state index < -0.39 is 11.4 Å². The molecule has 2 aromatic heterocycles. The summed E-state index contributed by atoms with van der Waals surface area (Å²) >= 11 is 8.69. The van der Waals surface area contributed by atoms with Gasteiger partial charge in [-0.25, -0.2) is 9.37 Å². The van der Waals surface area contributed by atoms with Gasteiger partial charge in [0.05, 0.1) is 4.47 Å². The smallest absolute Gasteiger partial charge is 0.259 e. The highest BCUT2D eigenvalue weighted by Gasteiger charge is 2.06. The van der Waals surface area contributed by atoms with Crippen molar-refractivity contribution in [3.05, 3.63) is 44.1 Å². The Kier molecular flexibility index (Phi) is 2.28. The monoisotopic (exact) mass is 276 g/mol. The average Bonchev–Trinajstić information content (AvgIpc) is 2.07. The van der Waals surface area contributed by atoms with Crippen LogP contribution in [-0.4, -0.2) is 9.38 Å². The lowest BCUT2D eigenvalue weighted by Gasteiger charge is -2.02. The first-order valence-corrected chi connectivity index (χ1v) is 4.79. The van der Waals surface area contributed by atoms with Gasteiger partial charge < -0.3 is 0 Å². The molecule has 2 aromatic rings. The Morgan fingerprint density at radius 3 is 2.93 bits per heavy atom. The van der Waals surface area contributed by atoms with Gasteiger partial charge in [-0.15, -0.1) is 0 Å². The van der Waals surface area contributed by atoms with Gasteiger partial charge in [-0.1, -0.05) is 11.6 Å². The molecule has 0 spiro atoms. The number of pyridine rings is 1. The molecule has 2 rings (SSSR count). The van der Waals surface area contributed by atoms with Gasteiger partial charge >= 0.3 is 0 Å². The molecule has 6 heteroatoms. The maximum atomic E-state index is 12.9. The Labute approximate surface area is 91.3 Å². The second-order valence-corrected chi connectivity index (χ2v) is 3.86. The molecule has 0 N–H and O–H groups in total. The summed E-state index contributed by atoms with van der Waals surface area (Å²) in [6.07, 6.45) is 1.06. The molecule has 0 unspecified atom stereocenters. The van der Waals surface area contributed by atoms with E-state index in [2.05, 4.69) is 20.9 Å². The maximum absolute atomic E-state index is 12.9. The number of hydrogen-bond donors (Lipinski definition) is 0. The standard InChI is InChI=1S/C8H3BrClFN2O/c9-5-1-4(11)3-13-7(14)2-6(10)12-8(5)13/h1-3H. The van der Waals surface area contributed by atoms with Crippen LogP contribution in [0.4, 0.5) is 4.39 Å². The lowest BCUT2D eigenvalue weighted by molar-refractivity contribution is 0.616. The molecule has 0 saturated carbocycles. The fourth-order valence-corrected chi connectivity index (χ4v) is 1.77. The lowest BCUT2D eigenvalue weighted by atomic mass is 10.4. The van der Waals surface area contributed by atoms with Crippen molar-refractivity contribution in [3.63, 3.8) is 0 Å². The molecular weight excluding hydrogens is 274 g/mol. The summed E-state index contributed by atoms with van der Waals surface area (Å²) in [5, 5.41) is 0.0855. The summed E-state index contributed by atoms with van der Waals surface area (Å²) in [5.74, 6) is -0.518. The Balaban J connectivity index is 3.02. The normalized spacial score (nSPS) is 10.8. The molecule has 0 saturated heterocycles. The molecule has 0 fully saturated rings. The number of halogens is 3. The third-order valence-electron chi connectivity index (χ3n) is 1.65. The van der Waals surface area contributed by atoms with E-state index in [1.807, 2.05) is 0 Å². The van der Waals surface area contributed by atoms with E-state index in [1.165, 1.54) is 6.07 Å². The minimum atomic E-state index is -0.518. The average molecular weight is 277 g/mol. The molecule has 0 aliphatic rings. The lowest BCUT2D eigenvalue weighted by Crippen LogP contribution is -2.14. The molecule has 0 bridgehead atoms. The Morgan fingerprint density at radius 1 is 1.50 bits per heavy atom. The number of hydrogen-bond acceptors (Lipinski definition) is 2. The van der Waals surface area contributed by atoms with Gasteiger partial charge in [-0.2, -0.15) is 0 Å². The van der Waals surface area contributed by atoms with Gasteiger partial charge in [-0.05, 0) is 22.0 Å². The highest BCUT2D eigenvalue weighted by atomic mass is 79.9. The van der Waals surface area contributed by atoms with Crippen molar-refractivity contribution < 1.29 is 4.39 Å². The molecule has 2 heterocycles. The molecule has 0 aromatic carbocycles. The number of aromatic nitrogens is 2. The quantitative estimate of drug-likeness (QED) is 0.692. The topological polar surface area (TPSA) is 34.4 Å². The Bertz CT molecular complexity index is 569. The zero-order valence-corrected chi connectivity index (χ0v) is 9.01. The molecule has 72 valence electrons. The first-order chi connectivity index (χ1) is 6.58. The summed E-state index contributed by atoms with van der Waals surface area (Å²) in [5.41, 5.74) is -0.121. The summed E-state index contributed by atoms with van der Waals surface area (Å²) < 4.78 is 14.4. The molecular formula is C8H3BrClFN2O. The minimum Gasteiger partial charge on any atom is -0.269 e. The highest BCUT2D eigenvalue weighted by Crippen LogP contribution is 2.17. The highest BCUT2D eigenvalue weighted by molar-refractivity contribution is 9.10. The van der Waals surface area contributed by atoms with Crippen molar-refractivity contribution in [2.24, 2.45) is 0 Å². The second kappa shape index (κ2) is 3.33. The summed E-state index contributed by atoms with van der Waals surface area (Å²) in [4.78, 5) is 15.2. The first-order valence-electron chi connectivity index (χ1n) is 3.62. The van der Waals surface area contributed by atoms with Crippen molar-refractivity contribution >= 4 is 33.2 Å². The van der Waals surface area contributed by atoms with Crippen molar-refractivity contribution in [2.75, 3.05) is 0 Å². The van der Waals surface area contributed by atoms with Crippen LogP contribution < -0.4 is 5.56 Å². The third kappa shape index (κ3) is 1.53. The van der Waals surface area contributed by atoms with Crippen LogP contribution in [0.25, 0.3) is 5.65 Å². The second-order valence-electron chi connectivity index (χ2n) is 2.62. The van der Waals surface area contributed by atoms with Crippen LogP contribution >= 0.6 is 27.5 Å². The van der Waals surface area contributed by atoms with Crippen LogP contribution in [0.1, 0.15) is 0 Å². The summed E-state index contributed by atoms with van der Waals surface area (Å²) in [6, 6.07) is 2.35. The third-order valence-corrected chi connectivity index (χ3v) is 2.43. The van der Waals surface area contributed by atoms with E-state index in [-0.39, 0.29) is 5.15 Å². The first kappa shape index (κ1) is 9.61. The van der Waals surface area contributed by atoms with Gasteiger partial charge in [-0.3, -0.25) is 9.20 Å². The molecule has 0 aliphatic carbocycles. The number of nitrogens with zero attached hydrogens (tertiary/aromatic N) is 2. The van der Waals surface area contributed by atoms with E-state index in [4.69, 9.17) is 11.6 Å². The van der Waals surface area contributed by atoms with E-state index in [1.54, 1.807) is 0 Å². The van der Waals surface area contributed by atoms with E-state index in [0.29, 0.717) is 10.1 Å². The number of fused-ring (bicyclic) bond motifs is 1. The van der Waals surface area contributed by atoms with Crippen LogP contribution in [0, 0.1) is 5.82 Å². The predicted octanol–water partition coefficient (Wildman–Crippen LogP) is 2.25. The Hall–Kier alpha value is -0.940. The van der Waals surface area contributed by atoms with E-state index in [0.717, 1.165) is 16.7 Å². The van der Waals surface area contributed by atoms with Crippen LogP contribution in [0.5, 0.6) is 0 Å². The molecule has 0 atom stereocenters. The predicted molar refractivity (Wildman–Crippen MR) is 54.1 cm³/mol. The molecule has 0 aliphatic heterocycles. The van der Waals surface area contributed by atoms with Crippen molar-refractivity contribution in [1.29, 1.82) is 0 Å². The molecule has 0 radical (unpaired) electrons. The van der Waals surface area contributed by atoms with Crippen LogP contribution in [0.2, 0.25) is 5.15 Å². The van der Waals surface area contributed by atoms with Crippen molar-refractivity contribution in [2.45, 2.75) is 0 Å². The van der Waals surface area contributed by atoms with Crippen LogP contribution in [-0.2, 0) is 0 Å². The van der Waals surface area contributed by atoms with Crippen LogP contribution in [0.15, 0.2) is 27.6 Å². The minimum absolute atomic E-state index is 0.0855. The van der Waals surface area contributed by atoms with Gasteiger partial charge in [0.25, 0.3) is 5.56 Å². The largest absolute Gasteiger partial charge is 0.269 e. The van der Waals surface area contributed by atoms with E-state index in [9.17, 15) is 9.18 Å². The maximum Gasteiger partial charge on any atom is 0.259 e. The zero-order valence-electron chi connectivity index (χ0n) is 6.67. The molecule has 3 nitrogen and oxygen atoms in total. The molecule has 0 amide bonds. The molecule has 14 heavy (non-hydrogen) atoms. The SMILES string of the molecule is O=c1cc(Cl)nc2c(Br)cc(F)cn12. The fraction of sp³-hybridized carbons (Fsp3) is 0. The van der Waals surface area contributed by atoms with Crippen LogP contribution in [0.3, 0.4) is 0 Å². The number of rotatable bonds is 0. The fourth-order valence-electron chi connectivity index (χ4n) is 1.10.